The first-order chi connectivity index (χ1) is 23.2. The zero-order valence-corrected chi connectivity index (χ0v) is 26.4. The molecule has 0 N–H and O–H groups in total. The van der Waals surface area contributed by atoms with Crippen LogP contribution in [-0.2, 0) is 6.42 Å². The number of ether oxygens (including phenoxy) is 3. The van der Waals surface area contributed by atoms with E-state index in [0.717, 1.165) is 47.4 Å². The van der Waals surface area contributed by atoms with Gasteiger partial charge in [-0.1, -0.05) is 53.8 Å². The average molecular weight is 663 g/mol. The molecule has 0 bridgehead atoms. The molecule has 13 heteroatoms. The monoisotopic (exact) mass is 662 g/mol. The van der Waals surface area contributed by atoms with E-state index in [1.165, 1.54) is 23.0 Å². The molecule has 1 aliphatic carbocycles. The summed E-state index contributed by atoms with van der Waals surface area (Å²) in [5.41, 5.74) is 4.45. The molecule has 2 heterocycles. The molecule has 0 unspecified atom stereocenters. The number of thiazole rings is 1. The van der Waals surface area contributed by atoms with Crippen LogP contribution in [0.25, 0.3) is 11.8 Å². The number of rotatable bonds is 8. The third kappa shape index (κ3) is 5.39. The van der Waals surface area contributed by atoms with Gasteiger partial charge in [0, 0.05) is 11.6 Å². The van der Waals surface area contributed by atoms with Gasteiger partial charge in [0.1, 0.15) is 5.75 Å². The largest absolute Gasteiger partial charge is 0.493 e. The summed E-state index contributed by atoms with van der Waals surface area (Å²) in [7, 11) is 3.15. The normalized spacial score (nSPS) is 15.1. The van der Waals surface area contributed by atoms with Crippen molar-refractivity contribution in [3.63, 3.8) is 0 Å². The van der Waals surface area contributed by atoms with Crippen LogP contribution < -0.4 is 29.1 Å². The van der Waals surface area contributed by atoms with Gasteiger partial charge >= 0.3 is 5.69 Å². The predicted molar refractivity (Wildman–Crippen MR) is 179 cm³/mol. The second-order valence-electron chi connectivity index (χ2n) is 11.1. The van der Waals surface area contributed by atoms with Crippen LogP contribution in [0.15, 0.2) is 100 Å². The molecule has 2 aliphatic rings. The van der Waals surface area contributed by atoms with Crippen molar-refractivity contribution in [2.45, 2.75) is 18.9 Å². The van der Waals surface area contributed by atoms with Crippen molar-refractivity contribution in [1.82, 2.24) is 4.57 Å². The maximum Gasteiger partial charge on any atom is 0.318 e. The van der Waals surface area contributed by atoms with Gasteiger partial charge in [0.05, 0.1) is 46.4 Å². The molecule has 5 aromatic rings. The average Bonchev–Trinajstić information content (AvgIpc) is 3.40. The molecular weight excluding hydrogens is 636 g/mol. The SMILES string of the molecule is COc1ccc([C@H]2C3=C(N=c4s/c(=C\c5cccc(Oc6ccc([N+](=O)[O-])cc6[N+](=O)[O-])c5)c(=O)n42)c2ccccc2CC3)cc1OC. The summed E-state index contributed by atoms with van der Waals surface area (Å²) in [6.07, 6.45) is 3.27. The number of hydrogen-bond acceptors (Lipinski definition) is 10. The number of hydrogen-bond donors (Lipinski definition) is 0. The van der Waals surface area contributed by atoms with Crippen LogP contribution in [0.5, 0.6) is 23.0 Å². The lowest BCUT2D eigenvalue weighted by atomic mass is 9.83. The number of nitro benzene ring substituents is 2. The molecule has 1 aliphatic heterocycles. The van der Waals surface area contributed by atoms with Crippen LogP contribution >= 0.6 is 11.3 Å². The summed E-state index contributed by atoms with van der Waals surface area (Å²) in [5.74, 6) is 1.24. The Kier molecular flexibility index (Phi) is 7.81. The second kappa shape index (κ2) is 12.3. The van der Waals surface area contributed by atoms with Crippen molar-refractivity contribution >= 4 is 34.5 Å². The predicted octanol–water partition coefficient (Wildman–Crippen LogP) is 5.94. The van der Waals surface area contributed by atoms with Gasteiger partial charge in [-0.25, -0.2) is 4.99 Å². The maximum atomic E-state index is 14.2. The van der Waals surface area contributed by atoms with E-state index in [1.807, 2.05) is 30.3 Å². The lowest BCUT2D eigenvalue weighted by Gasteiger charge is -2.31. The van der Waals surface area contributed by atoms with Crippen LogP contribution in [0.1, 0.15) is 34.7 Å². The summed E-state index contributed by atoms with van der Waals surface area (Å²) < 4.78 is 19.1. The van der Waals surface area contributed by atoms with Gasteiger partial charge in [-0.2, -0.15) is 0 Å². The smallest absolute Gasteiger partial charge is 0.318 e. The summed E-state index contributed by atoms with van der Waals surface area (Å²) >= 11 is 1.27. The lowest BCUT2D eigenvalue weighted by Crippen LogP contribution is -2.38. The fraction of sp³-hybridized carbons (Fsp3) is 0.143. The number of aromatic nitrogens is 1. The Morgan fingerprint density at radius 3 is 2.44 bits per heavy atom. The Morgan fingerprint density at radius 1 is 0.875 bits per heavy atom. The minimum atomic E-state index is -0.736. The van der Waals surface area contributed by atoms with Crippen molar-refractivity contribution in [3.8, 4) is 23.0 Å². The van der Waals surface area contributed by atoms with Gasteiger partial charge in [0.25, 0.3) is 11.2 Å². The third-order valence-corrected chi connectivity index (χ3v) is 9.31. The summed E-state index contributed by atoms with van der Waals surface area (Å²) in [5, 5.41) is 22.8. The third-order valence-electron chi connectivity index (χ3n) is 8.33. The van der Waals surface area contributed by atoms with Crippen LogP contribution in [0.2, 0.25) is 0 Å². The first kappa shape index (κ1) is 30.6. The van der Waals surface area contributed by atoms with Gasteiger partial charge in [-0.05, 0) is 71.5 Å². The van der Waals surface area contributed by atoms with Crippen LogP contribution in [0, 0.1) is 20.2 Å². The quantitative estimate of drug-likeness (QED) is 0.146. The number of nitrogens with zero attached hydrogens (tertiary/aromatic N) is 4. The minimum Gasteiger partial charge on any atom is -0.493 e. The summed E-state index contributed by atoms with van der Waals surface area (Å²) in [4.78, 5) is 41.1. The summed E-state index contributed by atoms with van der Waals surface area (Å²) in [6.45, 7) is 0. The van der Waals surface area contributed by atoms with Crippen LogP contribution in [0.3, 0.4) is 0 Å². The van der Waals surface area contributed by atoms with E-state index in [9.17, 15) is 25.0 Å². The van der Waals surface area contributed by atoms with Gasteiger partial charge in [-0.15, -0.1) is 0 Å². The highest BCUT2D eigenvalue weighted by atomic mass is 32.1. The van der Waals surface area contributed by atoms with Gasteiger partial charge < -0.3 is 14.2 Å². The Morgan fingerprint density at radius 2 is 1.67 bits per heavy atom. The first-order valence-electron chi connectivity index (χ1n) is 14.8. The molecule has 48 heavy (non-hydrogen) atoms. The number of aryl methyl sites for hydroxylation is 1. The fourth-order valence-electron chi connectivity index (χ4n) is 6.14. The van der Waals surface area contributed by atoms with Gasteiger partial charge in [0.15, 0.2) is 16.3 Å². The minimum absolute atomic E-state index is 0.150. The second-order valence-corrected chi connectivity index (χ2v) is 12.1. The van der Waals surface area contributed by atoms with Gasteiger partial charge in [0.2, 0.25) is 5.75 Å². The van der Waals surface area contributed by atoms with Crippen molar-refractivity contribution in [3.05, 3.63) is 153 Å². The number of benzene rings is 4. The highest BCUT2D eigenvalue weighted by molar-refractivity contribution is 7.07. The van der Waals surface area contributed by atoms with Crippen molar-refractivity contribution in [2.75, 3.05) is 14.2 Å². The van der Waals surface area contributed by atoms with Crippen molar-refractivity contribution < 1.29 is 24.1 Å². The van der Waals surface area contributed by atoms with E-state index in [4.69, 9.17) is 19.2 Å². The molecule has 0 amide bonds. The molecule has 0 saturated carbocycles. The molecule has 240 valence electrons. The number of nitro groups is 2. The number of allylic oxidation sites excluding steroid dienone is 1. The van der Waals surface area contributed by atoms with Crippen LogP contribution in [-0.4, -0.2) is 28.6 Å². The first-order valence-corrected chi connectivity index (χ1v) is 15.6. The summed E-state index contributed by atoms with van der Waals surface area (Å²) in [6, 6.07) is 23.3. The van der Waals surface area contributed by atoms with E-state index >= 15 is 0 Å². The Hall–Kier alpha value is -6.08. The molecule has 0 fully saturated rings. The van der Waals surface area contributed by atoms with Crippen LogP contribution in [0.4, 0.5) is 11.4 Å². The van der Waals surface area contributed by atoms with E-state index in [0.29, 0.717) is 26.4 Å². The van der Waals surface area contributed by atoms with Gasteiger partial charge in [-0.3, -0.25) is 29.6 Å². The molecular formula is C35H26N4O8S. The number of fused-ring (bicyclic) bond motifs is 3. The standard InChI is InChI=1S/C35H26N4O8S/c1-45-29-14-11-22(18-30(29)46-2)33-26-13-10-21-7-3-4-9-25(21)32(26)36-35-37(33)34(40)31(48-35)17-20-6-5-8-24(16-20)47-28-15-12-23(38(41)42)19-27(28)39(43)44/h3-9,11-12,14-19,33H,10,13H2,1-2H3/b31-17-/t33-/m0/s1. The zero-order chi connectivity index (χ0) is 33.5. The Labute approximate surface area is 276 Å². The Bertz CT molecular complexity index is 2360. The zero-order valence-electron chi connectivity index (χ0n) is 25.6. The van der Waals surface area contributed by atoms with E-state index in [1.54, 1.807) is 49.1 Å². The molecule has 0 spiro atoms. The van der Waals surface area contributed by atoms with E-state index < -0.39 is 27.3 Å². The molecule has 0 saturated heterocycles. The highest BCUT2D eigenvalue weighted by Crippen LogP contribution is 2.43. The number of non-ortho nitro benzene ring substituents is 1. The fourth-order valence-corrected chi connectivity index (χ4v) is 7.14. The van der Waals surface area contributed by atoms with E-state index in [2.05, 4.69) is 12.1 Å². The van der Waals surface area contributed by atoms with Crippen molar-refractivity contribution in [1.29, 1.82) is 0 Å². The lowest BCUT2D eigenvalue weighted by molar-refractivity contribution is -0.394. The molecule has 1 aromatic heterocycles. The van der Waals surface area contributed by atoms with E-state index in [-0.39, 0.29) is 17.1 Å². The molecule has 0 radical (unpaired) electrons. The number of methoxy groups -OCH3 is 2. The molecule has 7 rings (SSSR count). The molecule has 4 aromatic carbocycles. The Balaban J connectivity index is 1.34. The molecule has 1 atom stereocenters. The maximum absolute atomic E-state index is 14.2. The highest BCUT2D eigenvalue weighted by Gasteiger charge is 2.33. The topological polar surface area (TPSA) is 148 Å². The van der Waals surface area contributed by atoms with Crippen molar-refractivity contribution in [2.24, 2.45) is 4.99 Å². The molecule has 12 nitrogen and oxygen atoms in total.